The van der Waals surface area contributed by atoms with Crippen molar-refractivity contribution in [3.63, 3.8) is 0 Å². The Balaban J connectivity index is 2.42. The van der Waals surface area contributed by atoms with Crippen LogP contribution in [-0.4, -0.2) is 21.1 Å². The van der Waals surface area contributed by atoms with Crippen LogP contribution in [0.15, 0.2) is 23.1 Å². The molecule has 0 unspecified atom stereocenters. The predicted octanol–water partition coefficient (Wildman–Crippen LogP) is -0.0861. The first-order valence-electron chi connectivity index (χ1n) is 4.57. The van der Waals surface area contributed by atoms with E-state index in [0.29, 0.717) is 6.54 Å². The molecule has 0 saturated carbocycles. The van der Waals surface area contributed by atoms with E-state index in [-0.39, 0.29) is 5.43 Å². The maximum Gasteiger partial charge on any atom is 0.183 e. The van der Waals surface area contributed by atoms with E-state index in [4.69, 9.17) is 5.73 Å². The zero-order valence-electron chi connectivity index (χ0n) is 7.73. The number of aromatic amines is 1. The van der Waals surface area contributed by atoms with Crippen LogP contribution in [0.3, 0.4) is 0 Å². The van der Waals surface area contributed by atoms with Gasteiger partial charge in [0.1, 0.15) is 11.5 Å². The fourth-order valence-electron chi connectivity index (χ4n) is 1.40. The molecule has 14 heavy (non-hydrogen) atoms. The quantitative estimate of drug-likeness (QED) is 0.713. The summed E-state index contributed by atoms with van der Waals surface area (Å²) < 4.78 is 1.87. The maximum atomic E-state index is 11.0. The van der Waals surface area contributed by atoms with Crippen molar-refractivity contribution in [2.24, 2.45) is 5.73 Å². The normalized spacial score (nSPS) is 10.9. The number of nitrogens with one attached hydrogen (secondary N) is 1. The minimum atomic E-state index is -0.0148. The molecule has 0 radical (unpaired) electrons. The molecule has 0 spiro atoms. The van der Waals surface area contributed by atoms with Crippen LogP contribution in [0, 0.1) is 0 Å². The van der Waals surface area contributed by atoms with Gasteiger partial charge in [0.25, 0.3) is 0 Å². The van der Waals surface area contributed by atoms with Gasteiger partial charge in [-0.05, 0) is 13.0 Å². The highest BCUT2D eigenvalue weighted by Crippen LogP contribution is 2.02. The average Bonchev–Trinajstić information content (AvgIpc) is 2.57. The van der Waals surface area contributed by atoms with Crippen molar-refractivity contribution in [3.05, 3.63) is 34.4 Å². The predicted molar refractivity (Wildman–Crippen MR) is 53.2 cm³/mol. The topological polar surface area (TPSA) is 76.2 Å². The highest BCUT2D eigenvalue weighted by atomic mass is 16.1. The number of aromatic nitrogens is 3. The van der Waals surface area contributed by atoms with Crippen LogP contribution >= 0.6 is 0 Å². The van der Waals surface area contributed by atoms with Crippen molar-refractivity contribution < 1.29 is 0 Å². The van der Waals surface area contributed by atoms with Gasteiger partial charge in [-0.15, -0.1) is 0 Å². The first-order valence-corrected chi connectivity index (χ1v) is 4.57. The Labute approximate surface area is 80.6 Å². The molecule has 0 fully saturated rings. The molecular weight excluding hydrogens is 180 g/mol. The summed E-state index contributed by atoms with van der Waals surface area (Å²) in [6, 6.07) is 3.05. The summed E-state index contributed by atoms with van der Waals surface area (Å²) in [6.45, 7) is 0.647. The van der Waals surface area contributed by atoms with Gasteiger partial charge in [-0.25, -0.2) is 0 Å². The van der Waals surface area contributed by atoms with E-state index in [2.05, 4.69) is 10.2 Å². The second-order valence-electron chi connectivity index (χ2n) is 3.15. The summed E-state index contributed by atoms with van der Waals surface area (Å²) in [6.07, 6.45) is 3.44. The summed E-state index contributed by atoms with van der Waals surface area (Å²) >= 11 is 0. The van der Waals surface area contributed by atoms with Gasteiger partial charge in [-0.2, -0.15) is 5.10 Å². The van der Waals surface area contributed by atoms with E-state index in [0.717, 1.165) is 24.3 Å². The standard InChI is InChI=1S/C9H12N4O/c10-4-1-2-8-11-12-9-6-7(14)3-5-13(8)9/h3,5-6,12H,1-2,4,10H2. The van der Waals surface area contributed by atoms with Gasteiger partial charge >= 0.3 is 0 Å². The van der Waals surface area contributed by atoms with Crippen molar-refractivity contribution in [3.8, 4) is 0 Å². The van der Waals surface area contributed by atoms with Crippen LogP contribution in [-0.2, 0) is 6.42 Å². The van der Waals surface area contributed by atoms with Crippen molar-refractivity contribution >= 4 is 5.65 Å². The van der Waals surface area contributed by atoms with Gasteiger partial charge in [0.05, 0.1) is 0 Å². The Bertz CT molecular complexity index is 485. The molecule has 5 heteroatoms. The summed E-state index contributed by atoms with van der Waals surface area (Å²) in [5.41, 5.74) is 6.13. The second-order valence-corrected chi connectivity index (χ2v) is 3.15. The lowest BCUT2D eigenvalue weighted by Crippen LogP contribution is -2.04. The lowest BCUT2D eigenvalue weighted by molar-refractivity contribution is 0.770. The fourth-order valence-corrected chi connectivity index (χ4v) is 1.40. The van der Waals surface area contributed by atoms with E-state index in [1.54, 1.807) is 6.20 Å². The number of hydrogen-bond donors (Lipinski definition) is 2. The Morgan fingerprint density at radius 3 is 3.21 bits per heavy atom. The number of H-pyrrole nitrogens is 1. The minimum absolute atomic E-state index is 0.0148. The van der Waals surface area contributed by atoms with Gasteiger partial charge in [0.15, 0.2) is 5.43 Å². The first kappa shape index (κ1) is 8.96. The van der Waals surface area contributed by atoms with Gasteiger partial charge in [0.2, 0.25) is 0 Å². The smallest absolute Gasteiger partial charge is 0.183 e. The summed E-state index contributed by atoms with van der Waals surface area (Å²) in [5, 5.41) is 6.93. The van der Waals surface area contributed by atoms with Gasteiger partial charge in [-0.1, -0.05) is 0 Å². The Morgan fingerprint density at radius 1 is 1.57 bits per heavy atom. The molecule has 74 valence electrons. The molecule has 0 bridgehead atoms. The van der Waals surface area contributed by atoms with E-state index in [9.17, 15) is 4.79 Å². The zero-order chi connectivity index (χ0) is 9.97. The monoisotopic (exact) mass is 192 g/mol. The highest BCUT2D eigenvalue weighted by molar-refractivity contribution is 5.37. The van der Waals surface area contributed by atoms with E-state index in [1.165, 1.54) is 12.1 Å². The SMILES string of the molecule is NCCCc1n[nH]c2cc(=O)ccn12. The average molecular weight is 192 g/mol. The molecule has 2 aromatic heterocycles. The van der Waals surface area contributed by atoms with Crippen LogP contribution in [0.5, 0.6) is 0 Å². The summed E-state index contributed by atoms with van der Waals surface area (Å²) in [4.78, 5) is 11.0. The molecule has 2 heterocycles. The number of hydrogen-bond acceptors (Lipinski definition) is 3. The Kier molecular flexibility index (Phi) is 2.32. The minimum Gasteiger partial charge on any atom is -0.330 e. The van der Waals surface area contributed by atoms with Crippen molar-refractivity contribution in [2.45, 2.75) is 12.8 Å². The molecule has 0 saturated heterocycles. The Morgan fingerprint density at radius 2 is 2.43 bits per heavy atom. The van der Waals surface area contributed by atoms with Crippen LogP contribution in [0.1, 0.15) is 12.2 Å². The fraction of sp³-hybridized carbons (Fsp3) is 0.333. The molecular formula is C9H12N4O. The highest BCUT2D eigenvalue weighted by Gasteiger charge is 2.02. The Hall–Kier alpha value is -1.62. The molecule has 0 atom stereocenters. The maximum absolute atomic E-state index is 11.0. The molecule has 2 rings (SSSR count). The van der Waals surface area contributed by atoms with E-state index < -0.39 is 0 Å². The van der Waals surface area contributed by atoms with Crippen LogP contribution < -0.4 is 11.2 Å². The number of aryl methyl sites for hydroxylation is 1. The molecule has 5 nitrogen and oxygen atoms in total. The third-order valence-electron chi connectivity index (χ3n) is 2.11. The number of nitrogens with two attached hydrogens (primary N) is 1. The number of pyridine rings is 1. The number of fused-ring (bicyclic) bond motifs is 1. The van der Waals surface area contributed by atoms with Crippen LogP contribution in [0.2, 0.25) is 0 Å². The van der Waals surface area contributed by atoms with Crippen LogP contribution in [0.25, 0.3) is 5.65 Å². The van der Waals surface area contributed by atoms with Crippen molar-refractivity contribution in [1.82, 2.24) is 14.6 Å². The molecule has 0 aliphatic carbocycles. The molecule has 0 amide bonds. The van der Waals surface area contributed by atoms with Crippen molar-refractivity contribution in [2.75, 3.05) is 6.54 Å². The zero-order valence-corrected chi connectivity index (χ0v) is 7.73. The molecule has 0 aliphatic rings. The van der Waals surface area contributed by atoms with Gasteiger partial charge in [0, 0.05) is 24.8 Å². The summed E-state index contributed by atoms with van der Waals surface area (Å²) in [5.74, 6) is 0.908. The lowest BCUT2D eigenvalue weighted by Gasteiger charge is -1.96. The number of rotatable bonds is 3. The van der Waals surface area contributed by atoms with E-state index >= 15 is 0 Å². The summed E-state index contributed by atoms with van der Waals surface area (Å²) in [7, 11) is 0. The number of nitrogens with zero attached hydrogens (tertiary/aromatic N) is 2. The molecule has 0 aliphatic heterocycles. The second kappa shape index (κ2) is 3.63. The third kappa shape index (κ3) is 1.54. The third-order valence-corrected chi connectivity index (χ3v) is 2.11. The van der Waals surface area contributed by atoms with E-state index in [1.807, 2.05) is 4.40 Å². The molecule has 0 aromatic carbocycles. The van der Waals surface area contributed by atoms with Gasteiger partial charge < -0.3 is 5.73 Å². The van der Waals surface area contributed by atoms with Crippen molar-refractivity contribution in [1.29, 1.82) is 0 Å². The lowest BCUT2D eigenvalue weighted by atomic mass is 10.3. The largest absolute Gasteiger partial charge is 0.330 e. The van der Waals surface area contributed by atoms with Gasteiger partial charge in [-0.3, -0.25) is 14.3 Å². The first-order chi connectivity index (χ1) is 6.81. The van der Waals surface area contributed by atoms with Crippen LogP contribution in [0.4, 0.5) is 0 Å². The molecule has 3 N–H and O–H groups in total. The molecule has 2 aromatic rings.